The average Bonchev–Trinajstić information content (AvgIpc) is 2.47. The van der Waals surface area contributed by atoms with E-state index in [2.05, 4.69) is 10.6 Å². The number of nitrogens with one attached hydrogen (secondary N) is 2. The van der Waals surface area contributed by atoms with Crippen LogP contribution in [0.1, 0.15) is 34.6 Å². The molecule has 0 unspecified atom stereocenters. The van der Waals surface area contributed by atoms with E-state index in [1.807, 2.05) is 34.6 Å². The minimum absolute atomic E-state index is 0.00752. The van der Waals surface area contributed by atoms with Gasteiger partial charge < -0.3 is 20.3 Å². The van der Waals surface area contributed by atoms with E-state index >= 15 is 0 Å². The number of carbonyl (C=O) groups excluding carboxylic acids is 2. The topological polar surface area (TPSA) is 70.7 Å². The van der Waals surface area contributed by atoms with Crippen molar-refractivity contribution in [3.63, 3.8) is 0 Å². The van der Waals surface area contributed by atoms with Gasteiger partial charge in [-0.1, -0.05) is 13.8 Å². The molecule has 1 atom stereocenters. The van der Waals surface area contributed by atoms with Crippen molar-refractivity contribution in [3.05, 3.63) is 24.3 Å². The van der Waals surface area contributed by atoms with Gasteiger partial charge in [0.2, 0.25) is 5.91 Å². The van der Waals surface area contributed by atoms with Gasteiger partial charge in [0.1, 0.15) is 0 Å². The first-order chi connectivity index (χ1) is 11.2. The van der Waals surface area contributed by atoms with Gasteiger partial charge in [-0.15, -0.1) is 0 Å². The maximum atomic E-state index is 12.4. The predicted octanol–water partition coefficient (Wildman–Crippen LogP) is 3.31. The lowest BCUT2D eigenvalue weighted by molar-refractivity contribution is -0.118. The summed E-state index contributed by atoms with van der Waals surface area (Å²) in [4.78, 5) is 25.9. The van der Waals surface area contributed by atoms with E-state index in [4.69, 9.17) is 4.74 Å². The van der Waals surface area contributed by atoms with Crippen molar-refractivity contribution in [2.24, 2.45) is 5.92 Å². The fourth-order valence-corrected chi connectivity index (χ4v) is 2.73. The Morgan fingerprint density at radius 3 is 2.21 bits per heavy atom. The zero-order valence-corrected chi connectivity index (χ0v) is 15.1. The number of amides is 3. The largest absolute Gasteiger partial charge is 0.369 e. The zero-order valence-electron chi connectivity index (χ0n) is 15.1. The highest BCUT2D eigenvalue weighted by Crippen LogP contribution is 2.22. The minimum Gasteiger partial charge on any atom is -0.369 e. The Labute approximate surface area is 143 Å². The average molecular weight is 333 g/mol. The van der Waals surface area contributed by atoms with Crippen LogP contribution in [-0.4, -0.2) is 41.6 Å². The number of hydrogen-bond donors (Lipinski definition) is 2. The van der Waals surface area contributed by atoms with Gasteiger partial charge in [0.25, 0.3) is 0 Å². The van der Waals surface area contributed by atoms with Gasteiger partial charge in [0.15, 0.2) is 0 Å². The highest BCUT2D eigenvalue weighted by molar-refractivity contribution is 5.93. The number of morpholine rings is 1. The number of nitrogens with zero attached hydrogens (tertiary/aromatic N) is 1. The van der Waals surface area contributed by atoms with Gasteiger partial charge in [-0.2, -0.15) is 0 Å². The van der Waals surface area contributed by atoms with Gasteiger partial charge in [0.05, 0.1) is 18.2 Å². The molecule has 2 rings (SSSR count). The van der Waals surface area contributed by atoms with Gasteiger partial charge in [0, 0.05) is 23.8 Å². The van der Waals surface area contributed by atoms with E-state index in [0.717, 1.165) is 0 Å². The van der Waals surface area contributed by atoms with E-state index in [9.17, 15) is 9.59 Å². The van der Waals surface area contributed by atoms with E-state index < -0.39 is 0 Å². The lowest BCUT2D eigenvalue weighted by atomic mass is 10.1. The first-order valence-electron chi connectivity index (χ1n) is 8.31. The standard InChI is InChI=1S/C18H27N3O3/c1-12(2)16(22)19-14-6-8-15(9-7-14)20-17(23)21-10-13(3)24-18(4,5)11-21/h6-9,12-13H,10-11H2,1-5H3,(H,19,22)(H,20,23)/t13-/m0/s1. The third-order valence-electron chi connectivity index (χ3n) is 3.78. The van der Waals surface area contributed by atoms with Gasteiger partial charge in [-0.3, -0.25) is 4.79 Å². The quantitative estimate of drug-likeness (QED) is 0.891. The minimum atomic E-state index is -0.347. The van der Waals surface area contributed by atoms with Crippen LogP contribution in [0.4, 0.5) is 16.2 Å². The molecule has 1 aliphatic rings. The summed E-state index contributed by atoms with van der Waals surface area (Å²) < 4.78 is 5.81. The number of carbonyl (C=O) groups is 2. The Morgan fingerprint density at radius 2 is 1.71 bits per heavy atom. The summed E-state index contributed by atoms with van der Waals surface area (Å²) in [5.74, 6) is -0.104. The summed E-state index contributed by atoms with van der Waals surface area (Å²) in [5.41, 5.74) is 1.06. The molecule has 1 fully saturated rings. The van der Waals surface area contributed by atoms with Crippen LogP contribution in [0, 0.1) is 5.92 Å². The van der Waals surface area contributed by atoms with Crippen LogP contribution in [-0.2, 0) is 9.53 Å². The molecule has 1 saturated heterocycles. The number of rotatable bonds is 3. The fraction of sp³-hybridized carbons (Fsp3) is 0.556. The Balaban J connectivity index is 1.95. The summed E-state index contributed by atoms with van der Waals surface area (Å²) in [5, 5.41) is 5.72. The first kappa shape index (κ1) is 18.3. The molecular formula is C18H27N3O3. The lowest BCUT2D eigenvalue weighted by Gasteiger charge is -2.41. The second kappa shape index (κ2) is 7.21. The highest BCUT2D eigenvalue weighted by atomic mass is 16.5. The van der Waals surface area contributed by atoms with Crippen LogP contribution in [0.3, 0.4) is 0 Å². The Morgan fingerprint density at radius 1 is 1.17 bits per heavy atom. The van der Waals surface area contributed by atoms with Crippen molar-refractivity contribution in [3.8, 4) is 0 Å². The second-order valence-electron chi connectivity index (χ2n) is 7.22. The van der Waals surface area contributed by atoms with Crippen molar-refractivity contribution >= 4 is 23.3 Å². The van der Waals surface area contributed by atoms with Crippen molar-refractivity contribution in [2.45, 2.75) is 46.3 Å². The summed E-state index contributed by atoms with van der Waals surface area (Å²) >= 11 is 0. The number of benzene rings is 1. The van der Waals surface area contributed by atoms with E-state index in [-0.39, 0.29) is 29.6 Å². The molecule has 0 aromatic heterocycles. The monoisotopic (exact) mass is 333 g/mol. The summed E-state index contributed by atoms with van der Waals surface area (Å²) in [6.45, 7) is 10.7. The SMILES string of the molecule is CC(C)C(=O)Nc1ccc(NC(=O)N2C[C@H](C)OC(C)(C)C2)cc1. The second-order valence-corrected chi connectivity index (χ2v) is 7.22. The van der Waals surface area contributed by atoms with Crippen LogP contribution < -0.4 is 10.6 Å². The first-order valence-corrected chi connectivity index (χ1v) is 8.31. The molecule has 6 nitrogen and oxygen atoms in total. The van der Waals surface area contributed by atoms with E-state index in [0.29, 0.717) is 24.5 Å². The molecule has 0 spiro atoms. The molecule has 1 heterocycles. The number of urea groups is 1. The van der Waals surface area contributed by atoms with Crippen LogP contribution >= 0.6 is 0 Å². The third kappa shape index (κ3) is 4.96. The van der Waals surface area contributed by atoms with Crippen LogP contribution in [0.2, 0.25) is 0 Å². The van der Waals surface area contributed by atoms with Crippen molar-refractivity contribution < 1.29 is 14.3 Å². The molecule has 3 amide bonds. The third-order valence-corrected chi connectivity index (χ3v) is 3.78. The van der Waals surface area contributed by atoms with Gasteiger partial charge in [-0.25, -0.2) is 4.79 Å². The maximum absolute atomic E-state index is 12.4. The molecule has 0 saturated carbocycles. The smallest absolute Gasteiger partial charge is 0.322 e. The van der Waals surface area contributed by atoms with E-state index in [1.54, 1.807) is 29.2 Å². The van der Waals surface area contributed by atoms with Crippen molar-refractivity contribution in [1.82, 2.24) is 4.90 Å². The Kier molecular flexibility index (Phi) is 5.49. The molecular weight excluding hydrogens is 306 g/mol. The molecule has 0 bridgehead atoms. The molecule has 1 aromatic carbocycles. The van der Waals surface area contributed by atoms with Crippen molar-refractivity contribution in [2.75, 3.05) is 23.7 Å². The molecule has 1 aromatic rings. The number of ether oxygens (including phenoxy) is 1. The van der Waals surface area contributed by atoms with Crippen LogP contribution in [0.25, 0.3) is 0 Å². The van der Waals surface area contributed by atoms with Gasteiger partial charge in [-0.05, 0) is 45.0 Å². The molecule has 0 aliphatic carbocycles. The Hall–Kier alpha value is -2.08. The number of hydrogen-bond acceptors (Lipinski definition) is 3. The molecule has 2 N–H and O–H groups in total. The van der Waals surface area contributed by atoms with Gasteiger partial charge >= 0.3 is 6.03 Å². The molecule has 0 radical (unpaired) electrons. The van der Waals surface area contributed by atoms with Crippen LogP contribution in [0.15, 0.2) is 24.3 Å². The summed E-state index contributed by atoms with van der Waals surface area (Å²) in [6, 6.07) is 6.98. The van der Waals surface area contributed by atoms with Crippen molar-refractivity contribution in [1.29, 1.82) is 0 Å². The summed E-state index contributed by atoms with van der Waals surface area (Å²) in [7, 11) is 0. The van der Waals surface area contributed by atoms with Crippen LogP contribution in [0.5, 0.6) is 0 Å². The highest BCUT2D eigenvalue weighted by Gasteiger charge is 2.33. The summed E-state index contributed by atoms with van der Waals surface area (Å²) in [6.07, 6.45) is 0.00752. The number of anilines is 2. The fourth-order valence-electron chi connectivity index (χ4n) is 2.73. The maximum Gasteiger partial charge on any atom is 0.322 e. The molecule has 132 valence electrons. The molecule has 24 heavy (non-hydrogen) atoms. The molecule has 6 heteroatoms. The lowest BCUT2D eigenvalue weighted by Crippen LogP contribution is -2.54. The normalized spacial score (nSPS) is 19.9. The zero-order chi connectivity index (χ0) is 17.9. The molecule has 1 aliphatic heterocycles. The Bertz CT molecular complexity index is 596. The van der Waals surface area contributed by atoms with E-state index in [1.165, 1.54) is 0 Å². The predicted molar refractivity (Wildman–Crippen MR) is 95.1 cm³/mol.